The zero-order chi connectivity index (χ0) is 5.98. The van der Waals surface area contributed by atoms with Gasteiger partial charge in [-0.3, -0.25) is 0 Å². The van der Waals surface area contributed by atoms with E-state index in [2.05, 4.69) is 4.42 Å². The molecule has 0 aliphatic carbocycles. The van der Waals surface area contributed by atoms with Crippen LogP contribution in [0.1, 0.15) is 5.76 Å². The van der Waals surface area contributed by atoms with Gasteiger partial charge in [0.1, 0.15) is 12.3 Å². The third kappa shape index (κ3) is 0.636. The molecule has 3 nitrogen and oxygen atoms in total. The minimum absolute atomic E-state index is 0.0125. The molecule has 0 aliphatic heterocycles. The lowest BCUT2D eigenvalue weighted by atomic mass is 10.5. The molecular weight excluding hydrogens is 106 g/mol. The van der Waals surface area contributed by atoms with Gasteiger partial charge in [0.25, 0.3) is 0 Å². The molecule has 0 bridgehead atoms. The molecule has 0 amide bonds. The summed E-state index contributed by atoms with van der Waals surface area (Å²) >= 11 is 0. The maximum Gasteiger partial charge on any atom is 0.207 e. The van der Waals surface area contributed by atoms with Crippen LogP contribution in [0.2, 0.25) is 0 Å². The Morgan fingerprint density at radius 2 is 2.50 bits per heavy atom. The summed E-state index contributed by atoms with van der Waals surface area (Å²) in [6.45, 7) is 0. The number of furan rings is 1. The van der Waals surface area contributed by atoms with E-state index in [9.17, 15) is 0 Å². The number of nitriles is 1. The average molecular weight is 109 g/mol. The van der Waals surface area contributed by atoms with Crippen LogP contribution < -0.4 is 0 Å². The molecule has 8 heavy (non-hydrogen) atoms. The molecule has 0 radical (unpaired) electrons. The Labute approximate surface area is 45.8 Å². The first-order valence-electron chi connectivity index (χ1n) is 2.00. The Bertz CT molecular complexity index is 221. The number of rotatable bonds is 0. The molecule has 0 atom stereocenters. The summed E-state index contributed by atoms with van der Waals surface area (Å²) in [7, 11) is 0. The first-order valence-corrected chi connectivity index (χ1v) is 2.00. The second-order valence-corrected chi connectivity index (χ2v) is 1.28. The lowest BCUT2D eigenvalue weighted by Gasteiger charge is -1.66. The molecule has 1 aromatic rings. The number of aromatic hydroxyl groups is 1. The van der Waals surface area contributed by atoms with Crippen LogP contribution in [0.15, 0.2) is 16.7 Å². The van der Waals surface area contributed by atoms with Gasteiger partial charge in [-0.1, -0.05) is 0 Å². The van der Waals surface area contributed by atoms with Crippen LogP contribution in [0.4, 0.5) is 0 Å². The molecule has 0 spiro atoms. The highest BCUT2D eigenvalue weighted by Gasteiger charge is 1.94. The Morgan fingerprint density at radius 3 is 2.75 bits per heavy atom. The molecule has 0 fully saturated rings. The Morgan fingerprint density at radius 1 is 1.75 bits per heavy atom. The highest BCUT2D eigenvalue weighted by Crippen LogP contribution is 2.11. The van der Waals surface area contributed by atoms with Gasteiger partial charge in [-0.25, -0.2) is 0 Å². The van der Waals surface area contributed by atoms with Crippen LogP contribution in [0.25, 0.3) is 0 Å². The highest BCUT2D eigenvalue weighted by molar-refractivity contribution is 5.25. The van der Waals surface area contributed by atoms with Crippen molar-refractivity contribution < 1.29 is 9.52 Å². The zero-order valence-corrected chi connectivity index (χ0v) is 3.96. The fourth-order valence-electron chi connectivity index (χ4n) is 0.385. The lowest BCUT2D eigenvalue weighted by Crippen LogP contribution is -1.55. The van der Waals surface area contributed by atoms with E-state index in [1.54, 1.807) is 6.07 Å². The van der Waals surface area contributed by atoms with Gasteiger partial charge in [0.2, 0.25) is 5.76 Å². The summed E-state index contributed by atoms with van der Waals surface area (Å²) in [5.41, 5.74) is 0. The van der Waals surface area contributed by atoms with Gasteiger partial charge in [0.15, 0.2) is 5.75 Å². The maximum absolute atomic E-state index is 8.54. The van der Waals surface area contributed by atoms with E-state index in [-0.39, 0.29) is 11.5 Å². The molecule has 0 aliphatic rings. The van der Waals surface area contributed by atoms with Gasteiger partial charge in [0.05, 0.1) is 0 Å². The maximum atomic E-state index is 8.54. The topological polar surface area (TPSA) is 57.2 Å². The molecular formula is C5H3NO2. The first-order chi connectivity index (χ1) is 3.83. The molecule has 0 aromatic carbocycles. The average Bonchev–Trinajstić information content (AvgIpc) is 2.14. The van der Waals surface area contributed by atoms with Crippen LogP contribution in [-0.4, -0.2) is 5.11 Å². The molecule has 1 N–H and O–H groups in total. The van der Waals surface area contributed by atoms with Crippen LogP contribution in [0.3, 0.4) is 0 Å². The fraction of sp³-hybridized carbons (Fsp3) is 0. The molecule has 0 saturated heterocycles. The second kappa shape index (κ2) is 1.58. The summed E-state index contributed by atoms with van der Waals surface area (Å²) < 4.78 is 4.50. The third-order valence-corrected chi connectivity index (χ3v) is 0.696. The van der Waals surface area contributed by atoms with Gasteiger partial charge in [0, 0.05) is 6.07 Å². The minimum atomic E-state index is -0.0125. The summed E-state index contributed by atoms with van der Waals surface area (Å²) in [5.74, 6) is 0.115. The van der Waals surface area contributed by atoms with Crippen LogP contribution in [0, 0.1) is 11.3 Å². The second-order valence-electron chi connectivity index (χ2n) is 1.28. The van der Waals surface area contributed by atoms with E-state index in [1.807, 2.05) is 0 Å². The molecule has 40 valence electrons. The highest BCUT2D eigenvalue weighted by atomic mass is 16.4. The van der Waals surface area contributed by atoms with E-state index in [0.717, 1.165) is 6.26 Å². The van der Waals surface area contributed by atoms with E-state index >= 15 is 0 Å². The van der Waals surface area contributed by atoms with Gasteiger partial charge in [-0.05, 0) is 0 Å². The van der Waals surface area contributed by atoms with Crippen molar-refractivity contribution in [2.45, 2.75) is 0 Å². The van der Waals surface area contributed by atoms with E-state index in [1.165, 1.54) is 6.07 Å². The zero-order valence-electron chi connectivity index (χ0n) is 3.96. The summed E-state index contributed by atoms with van der Waals surface area (Å²) in [6.07, 6.45) is 1.11. The molecule has 1 aromatic heterocycles. The third-order valence-electron chi connectivity index (χ3n) is 0.696. The van der Waals surface area contributed by atoms with Crippen molar-refractivity contribution >= 4 is 0 Å². The SMILES string of the molecule is N#Cc1cc(O)co1. The van der Waals surface area contributed by atoms with Crippen molar-refractivity contribution in [2.75, 3.05) is 0 Å². The molecule has 0 unspecified atom stereocenters. The Kier molecular flexibility index (Phi) is 0.935. The molecule has 0 saturated carbocycles. The summed E-state index contributed by atoms with van der Waals surface area (Å²) in [5, 5.41) is 16.6. The van der Waals surface area contributed by atoms with Crippen molar-refractivity contribution in [3.05, 3.63) is 18.1 Å². The predicted molar refractivity (Wildman–Crippen MR) is 25.1 cm³/mol. The smallest absolute Gasteiger partial charge is 0.207 e. The minimum Gasteiger partial charge on any atom is -0.505 e. The quantitative estimate of drug-likeness (QED) is 0.537. The van der Waals surface area contributed by atoms with Gasteiger partial charge in [-0.2, -0.15) is 5.26 Å². The van der Waals surface area contributed by atoms with Crippen molar-refractivity contribution in [1.82, 2.24) is 0 Å². The molecule has 1 rings (SSSR count). The van der Waals surface area contributed by atoms with Gasteiger partial charge in [-0.15, -0.1) is 0 Å². The summed E-state index contributed by atoms with van der Waals surface area (Å²) in [6, 6.07) is 2.97. The Hall–Kier alpha value is -1.43. The van der Waals surface area contributed by atoms with Crippen molar-refractivity contribution in [3.63, 3.8) is 0 Å². The van der Waals surface area contributed by atoms with Crippen molar-refractivity contribution in [2.24, 2.45) is 0 Å². The number of hydrogen-bond donors (Lipinski definition) is 1. The van der Waals surface area contributed by atoms with Gasteiger partial charge < -0.3 is 9.52 Å². The number of nitrogens with zero attached hydrogens (tertiary/aromatic N) is 1. The lowest BCUT2D eigenvalue weighted by molar-refractivity contribution is 0.457. The van der Waals surface area contributed by atoms with Crippen LogP contribution in [0.5, 0.6) is 5.75 Å². The first kappa shape index (κ1) is 4.72. The van der Waals surface area contributed by atoms with Gasteiger partial charge >= 0.3 is 0 Å². The molecule has 3 heteroatoms. The Balaban J connectivity index is 3.05. The molecule has 1 heterocycles. The van der Waals surface area contributed by atoms with Crippen LogP contribution in [-0.2, 0) is 0 Å². The van der Waals surface area contributed by atoms with E-state index in [4.69, 9.17) is 10.4 Å². The summed E-state index contributed by atoms with van der Waals surface area (Å²) in [4.78, 5) is 0. The van der Waals surface area contributed by atoms with Crippen LogP contribution >= 0.6 is 0 Å². The standard InChI is InChI=1S/C5H3NO2/c6-2-5-1-4(7)3-8-5/h1,3,7H. The normalized spacial score (nSPS) is 8.38. The van der Waals surface area contributed by atoms with E-state index in [0.29, 0.717) is 0 Å². The van der Waals surface area contributed by atoms with Crippen molar-refractivity contribution in [1.29, 1.82) is 5.26 Å². The van der Waals surface area contributed by atoms with Crippen molar-refractivity contribution in [3.8, 4) is 11.8 Å². The van der Waals surface area contributed by atoms with E-state index < -0.39 is 0 Å². The number of hydrogen-bond acceptors (Lipinski definition) is 3. The predicted octanol–water partition coefficient (Wildman–Crippen LogP) is 0.857. The monoisotopic (exact) mass is 109 g/mol. The fourth-order valence-corrected chi connectivity index (χ4v) is 0.385. The largest absolute Gasteiger partial charge is 0.505 e.